The van der Waals surface area contributed by atoms with Crippen molar-refractivity contribution in [2.45, 2.75) is 0 Å². The van der Waals surface area contributed by atoms with Crippen LogP contribution in [0, 0.1) is 0 Å². The number of hydrogen-bond acceptors (Lipinski definition) is 4. The molecule has 0 N–H and O–H groups in total. The Labute approximate surface area is 96.8 Å². The molecule has 0 spiro atoms. The Bertz CT molecular complexity index is 296. The minimum absolute atomic E-state index is 0.719. The normalized spacial score (nSPS) is 18.6. The van der Waals surface area contributed by atoms with Gasteiger partial charge in [-0.05, 0) is 13.1 Å². The zero-order valence-electron chi connectivity index (χ0n) is 9.80. The lowest BCUT2D eigenvalue weighted by atomic mass is 10.3. The minimum Gasteiger partial charge on any atom is -0.476 e. The highest BCUT2D eigenvalue weighted by Crippen LogP contribution is 2.04. The standard InChI is InChI=1S/C12H19N3O/c1-14-6-8-15(9-7-14)10-11-16-12-4-2-3-5-13-12/h2-5H,6-11H2,1H3. The molecule has 0 aromatic carbocycles. The third-order valence-electron chi connectivity index (χ3n) is 2.89. The first kappa shape index (κ1) is 11.4. The van der Waals surface area contributed by atoms with Gasteiger partial charge < -0.3 is 9.64 Å². The molecule has 0 radical (unpaired) electrons. The molecule has 1 fully saturated rings. The van der Waals surface area contributed by atoms with Gasteiger partial charge in [-0.25, -0.2) is 4.98 Å². The van der Waals surface area contributed by atoms with Crippen molar-refractivity contribution in [3.05, 3.63) is 24.4 Å². The van der Waals surface area contributed by atoms with Gasteiger partial charge in [-0.15, -0.1) is 0 Å². The minimum atomic E-state index is 0.719. The van der Waals surface area contributed by atoms with Crippen LogP contribution in [-0.4, -0.2) is 61.2 Å². The number of ether oxygens (including phenoxy) is 1. The SMILES string of the molecule is CN1CCN(CCOc2ccccn2)CC1. The first-order valence-corrected chi connectivity index (χ1v) is 5.79. The maximum Gasteiger partial charge on any atom is 0.213 e. The van der Waals surface area contributed by atoms with Crippen LogP contribution in [0.15, 0.2) is 24.4 Å². The monoisotopic (exact) mass is 221 g/mol. The van der Waals surface area contributed by atoms with Crippen molar-refractivity contribution in [1.82, 2.24) is 14.8 Å². The summed E-state index contributed by atoms with van der Waals surface area (Å²) in [4.78, 5) is 8.92. The van der Waals surface area contributed by atoms with Gasteiger partial charge in [0.1, 0.15) is 6.61 Å². The first-order chi connectivity index (χ1) is 7.84. The van der Waals surface area contributed by atoms with E-state index in [0.29, 0.717) is 0 Å². The molecule has 4 heteroatoms. The summed E-state index contributed by atoms with van der Waals surface area (Å²) >= 11 is 0. The van der Waals surface area contributed by atoms with E-state index < -0.39 is 0 Å². The quantitative estimate of drug-likeness (QED) is 0.748. The van der Waals surface area contributed by atoms with Crippen LogP contribution in [0.2, 0.25) is 0 Å². The molecule has 1 saturated heterocycles. The number of piperazine rings is 1. The average molecular weight is 221 g/mol. The predicted molar refractivity (Wildman–Crippen MR) is 63.7 cm³/mol. The van der Waals surface area contributed by atoms with Crippen LogP contribution in [0.3, 0.4) is 0 Å². The molecule has 1 aliphatic heterocycles. The molecule has 0 amide bonds. The van der Waals surface area contributed by atoms with Crippen LogP contribution < -0.4 is 4.74 Å². The van der Waals surface area contributed by atoms with Crippen LogP contribution >= 0.6 is 0 Å². The molecule has 4 nitrogen and oxygen atoms in total. The smallest absolute Gasteiger partial charge is 0.213 e. The second-order valence-corrected chi connectivity index (χ2v) is 4.16. The molecular formula is C12H19N3O. The van der Waals surface area contributed by atoms with Crippen LogP contribution in [0.1, 0.15) is 0 Å². The summed E-state index contributed by atoms with van der Waals surface area (Å²) in [5, 5.41) is 0. The molecule has 88 valence electrons. The Kier molecular flexibility index (Phi) is 4.13. The van der Waals surface area contributed by atoms with Crippen molar-refractivity contribution >= 4 is 0 Å². The van der Waals surface area contributed by atoms with Gasteiger partial charge in [-0.2, -0.15) is 0 Å². The van der Waals surface area contributed by atoms with Gasteiger partial charge in [0, 0.05) is 45.0 Å². The van der Waals surface area contributed by atoms with Gasteiger partial charge in [0.15, 0.2) is 0 Å². The maximum absolute atomic E-state index is 5.57. The molecular weight excluding hydrogens is 202 g/mol. The fourth-order valence-corrected chi connectivity index (χ4v) is 1.78. The Hall–Kier alpha value is -1.13. The van der Waals surface area contributed by atoms with E-state index in [1.807, 2.05) is 18.2 Å². The van der Waals surface area contributed by atoms with Crippen molar-refractivity contribution < 1.29 is 4.74 Å². The van der Waals surface area contributed by atoms with E-state index >= 15 is 0 Å². The van der Waals surface area contributed by atoms with E-state index in [-0.39, 0.29) is 0 Å². The molecule has 1 aromatic rings. The second-order valence-electron chi connectivity index (χ2n) is 4.16. The Morgan fingerprint density at radius 2 is 2.06 bits per heavy atom. The maximum atomic E-state index is 5.57. The molecule has 0 unspecified atom stereocenters. The number of pyridine rings is 1. The van der Waals surface area contributed by atoms with Gasteiger partial charge >= 0.3 is 0 Å². The van der Waals surface area contributed by atoms with Gasteiger partial charge in [0.05, 0.1) is 0 Å². The van der Waals surface area contributed by atoms with Crippen LogP contribution in [-0.2, 0) is 0 Å². The number of likely N-dealkylation sites (N-methyl/N-ethyl adjacent to an activating group) is 1. The lowest BCUT2D eigenvalue weighted by Crippen LogP contribution is -2.45. The van der Waals surface area contributed by atoms with E-state index in [9.17, 15) is 0 Å². The molecule has 2 heterocycles. The average Bonchev–Trinajstić information content (AvgIpc) is 2.33. The third kappa shape index (κ3) is 3.47. The highest BCUT2D eigenvalue weighted by Gasteiger charge is 2.12. The summed E-state index contributed by atoms with van der Waals surface area (Å²) in [7, 11) is 2.17. The van der Waals surface area contributed by atoms with Gasteiger partial charge in [-0.1, -0.05) is 6.07 Å². The Balaban J connectivity index is 1.65. The Morgan fingerprint density at radius 1 is 1.25 bits per heavy atom. The topological polar surface area (TPSA) is 28.6 Å². The van der Waals surface area contributed by atoms with E-state index in [1.165, 1.54) is 0 Å². The second kappa shape index (κ2) is 5.82. The highest BCUT2D eigenvalue weighted by atomic mass is 16.5. The summed E-state index contributed by atoms with van der Waals surface area (Å²) in [5.41, 5.74) is 0. The van der Waals surface area contributed by atoms with Gasteiger partial charge in [-0.3, -0.25) is 4.90 Å². The molecule has 1 aromatic heterocycles. The fourth-order valence-electron chi connectivity index (χ4n) is 1.78. The number of nitrogens with zero attached hydrogens (tertiary/aromatic N) is 3. The summed E-state index contributed by atoms with van der Waals surface area (Å²) in [6.07, 6.45) is 1.76. The molecule has 0 bridgehead atoms. The molecule has 16 heavy (non-hydrogen) atoms. The zero-order chi connectivity index (χ0) is 11.2. The van der Waals surface area contributed by atoms with Crippen molar-refractivity contribution in [2.24, 2.45) is 0 Å². The summed E-state index contributed by atoms with van der Waals surface area (Å²) in [6, 6.07) is 5.73. The van der Waals surface area contributed by atoms with E-state index in [0.717, 1.165) is 45.2 Å². The number of hydrogen-bond donors (Lipinski definition) is 0. The highest BCUT2D eigenvalue weighted by molar-refractivity contribution is 5.08. The zero-order valence-corrected chi connectivity index (χ0v) is 9.80. The lowest BCUT2D eigenvalue weighted by Gasteiger charge is -2.32. The molecule has 0 atom stereocenters. The van der Waals surface area contributed by atoms with Gasteiger partial charge in [0.25, 0.3) is 0 Å². The molecule has 1 aliphatic rings. The largest absolute Gasteiger partial charge is 0.476 e. The van der Waals surface area contributed by atoms with Crippen molar-refractivity contribution in [3.8, 4) is 5.88 Å². The summed E-state index contributed by atoms with van der Waals surface area (Å²) in [5.74, 6) is 0.719. The molecule has 0 aliphatic carbocycles. The molecule has 0 saturated carbocycles. The van der Waals surface area contributed by atoms with E-state index in [1.54, 1.807) is 6.20 Å². The summed E-state index contributed by atoms with van der Waals surface area (Å²) in [6.45, 7) is 6.31. The van der Waals surface area contributed by atoms with Crippen molar-refractivity contribution in [1.29, 1.82) is 0 Å². The van der Waals surface area contributed by atoms with Crippen LogP contribution in [0.4, 0.5) is 0 Å². The lowest BCUT2D eigenvalue weighted by molar-refractivity contribution is 0.132. The first-order valence-electron chi connectivity index (χ1n) is 5.79. The Morgan fingerprint density at radius 3 is 2.75 bits per heavy atom. The van der Waals surface area contributed by atoms with Gasteiger partial charge in [0.2, 0.25) is 5.88 Å². The number of aromatic nitrogens is 1. The summed E-state index contributed by atoms with van der Waals surface area (Å²) < 4.78 is 5.57. The van der Waals surface area contributed by atoms with Crippen LogP contribution in [0.5, 0.6) is 5.88 Å². The fraction of sp³-hybridized carbons (Fsp3) is 0.583. The van der Waals surface area contributed by atoms with Crippen LogP contribution in [0.25, 0.3) is 0 Å². The van der Waals surface area contributed by atoms with Crippen molar-refractivity contribution in [2.75, 3.05) is 46.4 Å². The van der Waals surface area contributed by atoms with E-state index in [2.05, 4.69) is 21.8 Å². The number of rotatable bonds is 4. The van der Waals surface area contributed by atoms with E-state index in [4.69, 9.17) is 4.74 Å². The predicted octanol–water partition coefficient (Wildman–Crippen LogP) is 0.708. The molecule has 2 rings (SSSR count). The third-order valence-corrected chi connectivity index (χ3v) is 2.89. The van der Waals surface area contributed by atoms with Crippen molar-refractivity contribution in [3.63, 3.8) is 0 Å².